The van der Waals surface area contributed by atoms with Gasteiger partial charge in [0.15, 0.2) is 5.76 Å². The molecule has 0 saturated carbocycles. The first-order valence-corrected chi connectivity index (χ1v) is 4.43. The molecule has 4 heteroatoms. The predicted molar refractivity (Wildman–Crippen MR) is 49.8 cm³/mol. The van der Waals surface area contributed by atoms with Gasteiger partial charge in [0.25, 0.3) is 0 Å². The number of carbonyl (C=O) groups excluding carboxylic acids is 1. The van der Waals surface area contributed by atoms with E-state index in [0.717, 1.165) is 6.42 Å². The summed E-state index contributed by atoms with van der Waals surface area (Å²) in [7, 11) is 0. The summed E-state index contributed by atoms with van der Waals surface area (Å²) in [5, 5.41) is 0. The van der Waals surface area contributed by atoms with Gasteiger partial charge < -0.3 is 4.74 Å². The van der Waals surface area contributed by atoms with Gasteiger partial charge in [-0.25, -0.2) is 9.97 Å². The van der Waals surface area contributed by atoms with Crippen LogP contribution in [-0.4, -0.2) is 22.4 Å². The molecule has 1 aliphatic rings. The Morgan fingerprint density at radius 1 is 1.57 bits per heavy atom. The number of aryl methyl sites for hydroxylation is 1. The maximum Gasteiger partial charge on any atom is 0.230 e. The minimum atomic E-state index is -0.124. The highest BCUT2D eigenvalue weighted by atomic mass is 16.5. The van der Waals surface area contributed by atoms with Crippen LogP contribution in [0.5, 0.6) is 0 Å². The molecule has 1 aromatic rings. The van der Waals surface area contributed by atoms with E-state index in [1.165, 1.54) is 12.5 Å². The maximum atomic E-state index is 11.8. The van der Waals surface area contributed by atoms with E-state index >= 15 is 0 Å². The van der Waals surface area contributed by atoms with Crippen molar-refractivity contribution < 1.29 is 9.53 Å². The van der Waals surface area contributed by atoms with Gasteiger partial charge in [-0.1, -0.05) is 0 Å². The summed E-state index contributed by atoms with van der Waals surface area (Å²) in [5.74, 6) is 0.295. The highest BCUT2D eigenvalue weighted by Crippen LogP contribution is 2.16. The van der Waals surface area contributed by atoms with Crippen LogP contribution >= 0.6 is 0 Å². The van der Waals surface area contributed by atoms with Gasteiger partial charge in [-0.15, -0.1) is 0 Å². The second kappa shape index (κ2) is 3.57. The van der Waals surface area contributed by atoms with Crippen LogP contribution in [0.15, 0.2) is 24.4 Å². The lowest BCUT2D eigenvalue weighted by atomic mass is 10.1. The van der Waals surface area contributed by atoms with Gasteiger partial charge >= 0.3 is 0 Å². The first kappa shape index (κ1) is 8.87. The predicted octanol–water partition coefficient (Wildman–Crippen LogP) is 1.27. The molecule has 1 aromatic heterocycles. The minimum Gasteiger partial charge on any atom is -0.489 e. The van der Waals surface area contributed by atoms with E-state index in [4.69, 9.17) is 4.74 Å². The third-order valence-electron chi connectivity index (χ3n) is 2.09. The van der Waals surface area contributed by atoms with Gasteiger partial charge in [-0.05, 0) is 13.0 Å². The molecule has 0 spiro atoms. The second-order valence-corrected chi connectivity index (χ2v) is 3.06. The Balaban J connectivity index is 2.31. The van der Waals surface area contributed by atoms with Crippen LogP contribution < -0.4 is 0 Å². The topological polar surface area (TPSA) is 52.1 Å². The van der Waals surface area contributed by atoms with Crippen LogP contribution in [0.3, 0.4) is 0 Å². The van der Waals surface area contributed by atoms with Crippen molar-refractivity contribution in [1.82, 2.24) is 9.97 Å². The zero-order chi connectivity index (χ0) is 9.97. The summed E-state index contributed by atoms with van der Waals surface area (Å²) in [4.78, 5) is 19.6. The summed E-state index contributed by atoms with van der Waals surface area (Å²) < 4.78 is 5.18. The number of rotatable bonds is 2. The molecular formula is C10H10N2O2. The zero-order valence-electron chi connectivity index (χ0n) is 7.86. The van der Waals surface area contributed by atoms with Gasteiger partial charge in [-0.2, -0.15) is 0 Å². The molecule has 0 N–H and O–H groups in total. The standard InChI is InChI=1S/C10H10N2O2/c1-7-8(5-11-6-12-7)10(13)9-3-2-4-14-9/h3,5-6H,2,4H2,1H3. The molecule has 4 nitrogen and oxygen atoms in total. The third-order valence-corrected chi connectivity index (χ3v) is 2.09. The van der Waals surface area contributed by atoms with Gasteiger partial charge in [0.05, 0.1) is 17.9 Å². The fraction of sp³-hybridized carbons (Fsp3) is 0.300. The molecule has 2 heterocycles. The van der Waals surface area contributed by atoms with E-state index in [1.54, 1.807) is 13.0 Å². The quantitative estimate of drug-likeness (QED) is 0.659. The Hall–Kier alpha value is -1.71. The molecule has 14 heavy (non-hydrogen) atoms. The molecule has 0 aliphatic carbocycles. The highest BCUT2D eigenvalue weighted by Gasteiger charge is 2.19. The lowest BCUT2D eigenvalue weighted by Gasteiger charge is -2.03. The number of aromatic nitrogens is 2. The number of hydrogen-bond acceptors (Lipinski definition) is 4. The molecule has 0 saturated heterocycles. The van der Waals surface area contributed by atoms with Crippen molar-refractivity contribution >= 4 is 5.78 Å². The lowest BCUT2D eigenvalue weighted by Crippen LogP contribution is -2.07. The van der Waals surface area contributed by atoms with Crippen molar-refractivity contribution in [2.45, 2.75) is 13.3 Å². The van der Waals surface area contributed by atoms with Crippen LogP contribution in [0.1, 0.15) is 22.5 Å². The number of allylic oxidation sites excluding steroid dienone is 1. The molecule has 1 aliphatic heterocycles. The van der Waals surface area contributed by atoms with Crippen molar-refractivity contribution in [2.24, 2.45) is 0 Å². The Morgan fingerprint density at radius 2 is 2.43 bits per heavy atom. The Bertz CT molecular complexity index is 399. The molecular weight excluding hydrogens is 180 g/mol. The number of hydrogen-bond donors (Lipinski definition) is 0. The molecule has 0 aromatic carbocycles. The maximum absolute atomic E-state index is 11.8. The Morgan fingerprint density at radius 3 is 3.07 bits per heavy atom. The Labute approximate surface area is 81.6 Å². The second-order valence-electron chi connectivity index (χ2n) is 3.06. The molecule has 0 fully saturated rings. The average molecular weight is 190 g/mol. The normalized spacial score (nSPS) is 14.8. The summed E-state index contributed by atoms with van der Waals surface area (Å²) in [6, 6.07) is 0. The van der Waals surface area contributed by atoms with E-state index in [0.29, 0.717) is 23.6 Å². The number of Topliss-reactive ketones (excluding diaryl/α,β-unsaturated/α-hetero) is 1. The third kappa shape index (κ3) is 1.51. The molecule has 72 valence electrons. The first-order chi connectivity index (χ1) is 6.79. The Kier molecular flexibility index (Phi) is 2.26. The number of nitrogens with zero attached hydrogens (tertiary/aromatic N) is 2. The summed E-state index contributed by atoms with van der Waals surface area (Å²) in [5.41, 5.74) is 1.20. The van der Waals surface area contributed by atoms with Crippen LogP contribution in [0, 0.1) is 6.92 Å². The van der Waals surface area contributed by atoms with Crippen molar-refractivity contribution in [3.63, 3.8) is 0 Å². The van der Waals surface area contributed by atoms with Crippen molar-refractivity contribution in [2.75, 3.05) is 6.61 Å². The van der Waals surface area contributed by atoms with Crippen molar-refractivity contribution in [3.05, 3.63) is 35.6 Å². The van der Waals surface area contributed by atoms with Gasteiger partial charge in [0.1, 0.15) is 6.33 Å². The first-order valence-electron chi connectivity index (χ1n) is 4.43. The SMILES string of the molecule is Cc1ncncc1C(=O)C1=CCCO1. The average Bonchev–Trinajstić information content (AvgIpc) is 2.70. The van der Waals surface area contributed by atoms with Crippen LogP contribution in [-0.2, 0) is 4.74 Å². The summed E-state index contributed by atoms with van der Waals surface area (Å²) >= 11 is 0. The molecule has 0 bridgehead atoms. The van der Waals surface area contributed by atoms with E-state index in [9.17, 15) is 4.79 Å². The smallest absolute Gasteiger partial charge is 0.230 e. The monoisotopic (exact) mass is 190 g/mol. The van der Waals surface area contributed by atoms with E-state index in [2.05, 4.69) is 9.97 Å². The largest absolute Gasteiger partial charge is 0.489 e. The van der Waals surface area contributed by atoms with Crippen LogP contribution in [0.2, 0.25) is 0 Å². The van der Waals surface area contributed by atoms with Crippen LogP contribution in [0.4, 0.5) is 0 Å². The fourth-order valence-electron chi connectivity index (χ4n) is 1.32. The highest BCUT2D eigenvalue weighted by molar-refractivity contribution is 6.07. The molecule has 0 unspecified atom stereocenters. The minimum absolute atomic E-state index is 0.124. The molecule has 2 rings (SSSR count). The fourth-order valence-corrected chi connectivity index (χ4v) is 1.32. The molecule has 0 atom stereocenters. The van der Waals surface area contributed by atoms with E-state index < -0.39 is 0 Å². The van der Waals surface area contributed by atoms with Crippen LogP contribution in [0.25, 0.3) is 0 Å². The number of ketones is 1. The van der Waals surface area contributed by atoms with Crippen molar-refractivity contribution in [1.29, 1.82) is 0 Å². The molecule has 0 amide bonds. The van der Waals surface area contributed by atoms with Crippen molar-refractivity contribution in [3.8, 4) is 0 Å². The lowest BCUT2D eigenvalue weighted by molar-refractivity contribution is 0.0941. The van der Waals surface area contributed by atoms with E-state index in [1.807, 2.05) is 0 Å². The van der Waals surface area contributed by atoms with Gasteiger partial charge in [0, 0.05) is 12.6 Å². The van der Waals surface area contributed by atoms with Gasteiger partial charge in [-0.3, -0.25) is 4.79 Å². The van der Waals surface area contributed by atoms with E-state index in [-0.39, 0.29) is 5.78 Å². The number of ether oxygens (including phenoxy) is 1. The number of carbonyl (C=O) groups is 1. The summed E-state index contributed by atoms with van der Waals surface area (Å²) in [6.45, 7) is 2.37. The summed E-state index contributed by atoms with van der Waals surface area (Å²) in [6.07, 6.45) is 5.55. The molecule has 0 radical (unpaired) electrons. The van der Waals surface area contributed by atoms with Gasteiger partial charge in [0.2, 0.25) is 5.78 Å². The zero-order valence-corrected chi connectivity index (χ0v) is 7.86.